The fourth-order valence-corrected chi connectivity index (χ4v) is 1.65. The number of aliphatic hydroxyl groups excluding tert-OH is 1. The van der Waals surface area contributed by atoms with Gasteiger partial charge in [0.2, 0.25) is 0 Å². The first-order valence-electron chi connectivity index (χ1n) is 5.40. The van der Waals surface area contributed by atoms with Crippen molar-refractivity contribution in [2.75, 3.05) is 12.3 Å². The molecule has 1 atom stereocenters. The van der Waals surface area contributed by atoms with E-state index in [1.165, 1.54) is 0 Å². The highest BCUT2D eigenvalue weighted by atomic mass is 16.3. The molecule has 0 fully saturated rings. The number of para-hydroxylation sites is 1. The molecule has 90 valence electrons. The number of rotatable bonds is 3. The van der Waals surface area contributed by atoms with Crippen molar-refractivity contribution in [2.24, 2.45) is 0 Å². The zero-order valence-corrected chi connectivity index (χ0v) is 9.53. The van der Waals surface area contributed by atoms with Crippen LogP contribution in [0.3, 0.4) is 0 Å². The van der Waals surface area contributed by atoms with Crippen molar-refractivity contribution in [2.45, 2.75) is 13.0 Å². The number of amides is 1. The number of aromatic nitrogens is 1. The summed E-state index contributed by atoms with van der Waals surface area (Å²) < 4.78 is 0. The minimum absolute atomic E-state index is 0.0892. The molecule has 5 nitrogen and oxygen atoms in total. The largest absolute Gasteiger partial charge is 0.397 e. The molecule has 0 radical (unpaired) electrons. The van der Waals surface area contributed by atoms with Crippen molar-refractivity contribution in [1.29, 1.82) is 0 Å². The Morgan fingerprint density at radius 2 is 2.35 bits per heavy atom. The van der Waals surface area contributed by atoms with Crippen molar-refractivity contribution in [3.8, 4) is 0 Å². The molecule has 2 rings (SSSR count). The summed E-state index contributed by atoms with van der Waals surface area (Å²) in [5.74, 6) is -0.248. The molecule has 0 aliphatic heterocycles. The lowest BCUT2D eigenvalue weighted by Crippen LogP contribution is -2.35. The second-order valence-electron chi connectivity index (χ2n) is 4.05. The maximum Gasteiger partial charge on any atom is 0.268 e. The molecule has 17 heavy (non-hydrogen) atoms. The number of anilines is 1. The van der Waals surface area contributed by atoms with Crippen LogP contribution in [0.15, 0.2) is 24.3 Å². The van der Waals surface area contributed by atoms with E-state index in [-0.39, 0.29) is 18.6 Å². The molecule has 1 aromatic carbocycles. The fourth-order valence-electron chi connectivity index (χ4n) is 1.65. The highest BCUT2D eigenvalue weighted by Crippen LogP contribution is 2.20. The molecule has 0 spiro atoms. The van der Waals surface area contributed by atoms with Gasteiger partial charge in [-0.2, -0.15) is 0 Å². The molecule has 1 aromatic heterocycles. The van der Waals surface area contributed by atoms with Gasteiger partial charge < -0.3 is 21.1 Å². The summed E-state index contributed by atoms with van der Waals surface area (Å²) in [5, 5.41) is 12.4. The Hall–Kier alpha value is -2.01. The number of nitrogens with one attached hydrogen (secondary N) is 2. The average Bonchev–Trinajstić information content (AvgIpc) is 2.74. The van der Waals surface area contributed by atoms with Crippen molar-refractivity contribution in [3.05, 3.63) is 30.0 Å². The standard InChI is InChI=1S/C12H15N3O2/c1-7(6-16)14-12(17)10-5-8-3-2-4-9(13)11(8)15-10/h2-5,7,15-16H,6,13H2,1H3,(H,14,17). The molecule has 2 aromatic rings. The number of carbonyl (C=O) groups is 1. The summed E-state index contributed by atoms with van der Waals surface area (Å²) >= 11 is 0. The first-order valence-corrected chi connectivity index (χ1v) is 5.40. The van der Waals surface area contributed by atoms with Crippen LogP contribution in [-0.2, 0) is 0 Å². The van der Waals surface area contributed by atoms with Crippen molar-refractivity contribution < 1.29 is 9.90 Å². The Morgan fingerprint density at radius 1 is 1.59 bits per heavy atom. The summed E-state index contributed by atoms with van der Waals surface area (Å²) in [7, 11) is 0. The number of aromatic amines is 1. The van der Waals surface area contributed by atoms with Gasteiger partial charge in [-0.05, 0) is 19.1 Å². The van der Waals surface area contributed by atoms with E-state index in [2.05, 4.69) is 10.3 Å². The number of hydrogen-bond donors (Lipinski definition) is 4. The van der Waals surface area contributed by atoms with Gasteiger partial charge in [0.1, 0.15) is 5.69 Å². The Morgan fingerprint density at radius 3 is 3.00 bits per heavy atom. The van der Waals surface area contributed by atoms with Crippen molar-refractivity contribution in [3.63, 3.8) is 0 Å². The van der Waals surface area contributed by atoms with E-state index in [9.17, 15) is 4.79 Å². The van der Waals surface area contributed by atoms with Gasteiger partial charge in [0, 0.05) is 11.4 Å². The van der Waals surface area contributed by atoms with Crippen LogP contribution in [0.25, 0.3) is 10.9 Å². The van der Waals surface area contributed by atoms with Crippen molar-refractivity contribution in [1.82, 2.24) is 10.3 Å². The Bertz CT molecular complexity index is 548. The molecule has 1 unspecified atom stereocenters. The first-order chi connectivity index (χ1) is 8.11. The third-order valence-electron chi connectivity index (χ3n) is 2.58. The summed E-state index contributed by atoms with van der Waals surface area (Å²) in [5.41, 5.74) is 7.60. The number of nitrogens with two attached hydrogens (primary N) is 1. The van der Waals surface area contributed by atoms with Gasteiger partial charge in [-0.25, -0.2) is 0 Å². The average molecular weight is 233 g/mol. The minimum Gasteiger partial charge on any atom is -0.397 e. The van der Waals surface area contributed by atoms with E-state index in [0.717, 1.165) is 10.9 Å². The molecule has 0 saturated heterocycles. The van der Waals surface area contributed by atoms with Crippen LogP contribution in [0.5, 0.6) is 0 Å². The highest BCUT2D eigenvalue weighted by molar-refractivity contribution is 6.00. The second-order valence-corrected chi connectivity index (χ2v) is 4.05. The van der Waals surface area contributed by atoms with E-state index >= 15 is 0 Å². The van der Waals surface area contributed by atoms with Gasteiger partial charge in [0.05, 0.1) is 17.8 Å². The van der Waals surface area contributed by atoms with Gasteiger partial charge in [-0.3, -0.25) is 4.79 Å². The van der Waals surface area contributed by atoms with Crippen LogP contribution >= 0.6 is 0 Å². The number of H-pyrrole nitrogens is 1. The van der Waals surface area contributed by atoms with Crippen LogP contribution in [0.4, 0.5) is 5.69 Å². The zero-order valence-electron chi connectivity index (χ0n) is 9.53. The maximum absolute atomic E-state index is 11.8. The zero-order chi connectivity index (χ0) is 12.4. The summed E-state index contributed by atoms with van der Waals surface area (Å²) in [6.45, 7) is 1.64. The minimum atomic E-state index is -0.272. The maximum atomic E-state index is 11.8. The van der Waals surface area contributed by atoms with Crippen LogP contribution in [0.2, 0.25) is 0 Å². The van der Waals surface area contributed by atoms with E-state index in [4.69, 9.17) is 10.8 Å². The molecule has 5 heteroatoms. The van der Waals surface area contributed by atoms with Gasteiger partial charge in [-0.1, -0.05) is 12.1 Å². The molecular formula is C12H15N3O2. The Labute approximate surface area is 98.6 Å². The Kier molecular flexibility index (Phi) is 3.01. The number of nitrogen functional groups attached to an aromatic ring is 1. The van der Waals surface area contributed by atoms with Gasteiger partial charge in [-0.15, -0.1) is 0 Å². The third kappa shape index (κ3) is 2.24. The highest BCUT2D eigenvalue weighted by Gasteiger charge is 2.12. The lowest BCUT2D eigenvalue weighted by atomic mass is 10.2. The molecule has 1 heterocycles. The summed E-state index contributed by atoms with van der Waals surface area (Å²) in [6, 6.07) is 6.96. The predicted molar refractivity (Wildman–Crippen MR) is 66.7 cm³/mol. The molecule has 0 aliphatic carbocycles. The first kappa shape index (κ1) is 11.5. The predicted octanol–water partition coefficient (Wildman–Crippen LogP) is 0.861. The van der Waals surface area contributed by atoms with Crippen LogP contribution in [0.1, 0.15) is 17.4 Å². The number of benzene rings is 1. The van der Waals surface area contributed by atoms with Crippen LogP contribution in [0, 0.1) is 0 Å². The molecular weight excluding hydrogens is 218 g/mol. The quantitative estimate of drug-likeness (QED) is 0.592. The smallest absolute Gasteiger partial charge is 0.268 e. The van der Waals surface area contributed by atoms with E-state index in [0.29, 0.717) is 11.4 Å². The van der Waals surface area contributed by atoms with Crippen LogP contribution in [-0.4, -0.2) is 28.6 Å². The molecule has 0 aliphatic rings. The number of fused-ring (bicyclic) bond motifs is 1. The summed E-state index contributed by atoms with van der Waals surface area (Å²) in [6.07, 6.45) is 0. The van der Waals surface area contributed by atoms with Crippen molar-refractivity contribution >= 4 is 22.5 Å². The fraction of sp³-hybridized carbons (Fsp3) is 0.250. The molecule has 0 saturated carbocycles. The third-order valence-corrected chi connectivity index (χ3v) is 2.58. The lowest BCUT2D eigenvalue weighted by Gasteiger charge is -2.09. The molecule has 0 bridgehead atoms. The van der Waals surface area contributed by atoms with Gasteiger partial charge in [0.25, 0.3) is 5.91 Å². The number of carbonyl (C=O) groups excluding carboxylic acids is 1. The van der Waals surface area contributed by atoms with E-state index in [1.54, 1.807) is 19.1 Å². The van der Waals surface area contributed by atoms with Gasteiger partial charge in [0.15, 0.2) is 0 Å². The van der Waals surface area contributed by atoms with E-state index in [1.807, 2.05) is 12.1 Å². The van der Waals surface area contributed by atoms with E-state index < -0.39 is 0 Å². The summed E-state index contributed by atoms with van der Waals surface area (Å²) in [4.78, 5) is 14.8. The molecule has 5 N–H and O–H groups in total. The topological polar surface area (TPSA) is 91.1 Å². The lowest BCUT2D eigenvalue weighted by molar-refractivity contribution is 0.0918. The molecule has 1 amide bonds. The normalized spacial score (nSPS) is 12.6. The van der Waals surface area contributed by atoms with Crippen LogP contribution < -0.4 is 11.1 Å². The Balaban J connectivity index is 2.30. The monoisotopic (exact) mass is 233 g/mol. The van der Waals surface area contributed by atoms with Gasteiger partial charge >= 0.3 is 0 Å². The SMILES string of the molecule is CC(CO)NC(=O)c1cc2cccc(N)c2[nH]1. The number of hydrogen-bond acceptors (Lipinski definition) is 3. The number of aliphatic hydroxyl groups is 1. The second kappa shape index (κ2) is 4.47.